The second kappa shape index (κ2) is 4.06. The number of hydrogen-bond acceptors (Lipinski definition) is 3. The second-order valence-electron chi connectivity index (χ2n) is 3.71. The summed E-state index contributed by atoms with van der Waals surface area (Å²) in [4.78, 5) is 0. The van der Waals surface area contributed by atoms with Gasteiger partial charge in [-0.2, -0.15) is 0 Å². The number of halogens is 1. The van der Waals surface area contributed by atoms with Crippen molar-refractivity contribution >= 4 is 0 Å². The first-order valence-corrected chi connectivity index (χ1v) is 5.00. The highest BCUT2D eigenvalue weighted by atomic mass is 19.1. The van der Waals surface area contributed by atoms with Crippen molar-refractivity contribution in [2.75, 3.05) is 20.2 Å². The number of hydrogen-bond donors (Lipinski definition) is 2. The molecule has 1 aromatic rings. The van der Waals surface area contributed by atoms with E-state index in [0.29, 0.717) is 5.56 Å². The highest BCUT2D eigenvalue weighted by Gasteiger charge is 2.23. The smallest absolute Gasteiger partial charge is 0.196 e. The lowest BCUT2D eigenvalue weighted by Gasteiger charge is -2.13. The fourth-order valence-electron chi connectivity index (χ4n) is 1.99. The SMILES string of the molecule is COc1c(O)ccc(C2CCNC2)c1F. The molecule has 1 atom stereocenters. The molecule has 0 spiro atoms. The van der Waals surface area contributed by atoms with Gasteiger partial charge in [0.2, 0.25) is 0 Å². The molecule has 3 nitrogen and oxygen atoms in total. The molecule has 1 saturated heterocycles. The maximum Gasteiger partial charge on any atom is 0.196 e. The number of phenols is 1. The quantitative estimate of drug-likeness (QED) is 0.781. The zero-order chi connectivity index (χ0) is 10.8. The molecule has 0 amide bonds. The molecular formula is C11H14FNO2. The molecule has 1 heterocycles. The molecule has 0 bridgehead atoms. The Bertz CT molecular complexity index is 362. The topological polar surface area (TPSA) is 41.5 Å². The monoisotopic (exact) mass is 211 g/mol. The fourth-order valence-corrected chi connectivity index (χ4v) is 1.99. The van der Waals surface area contributed by atoms with E-state index in [9.17, 15) is 9.50 Å². The van der Waals surface area contributed by atoms with E-state index in [1.807, 2.05) is 0 Å². The van der Waals surface area contributed by atoms with E-state index in [2.05, 4.69) is 5.32 Å². The summed E-state index contributed by atoms with van der Waals surface area (Å²) in [6, 6.07) is 3.11. The van der Waals surface area contributed by atoms with Gasteiger partial charge in [0.1, 0.15) is 0 Å². The number of benzene rings is 1. The average Bonchev–Trinajstić information content (AvgIpc) is 2.71. The van der Waals surface area contributed by atoms with Crippen LogP contribution in [0.15, 0.2) is 12.1 Å². The predicted octanol–water partition coefficient (Wildman–Crippen LogP) is 1.62. The maximum atomic E-state index is 13.9. The van der Waals surface area contributed by atoms with Gasteiger partial charge < -0.3 is 15.2 Å². The molecule has 1 aromatic carbocycles. The van der Waals surface area contributed by atoms with Crippen LogP contribution in [0.2, 0.25) is 0 Å². The minimum atomic E-state index is -0.439. The lowest BCUT2D eigenvalue weighted by molar-refractivity contribution is 0.348. The van der Waals surface area contributed by atoms with Crippen molar-refractivity contribution in [1.29, 1.82) is 0 Å². The van der Waals surface area contributed by atoms with Gasteiger partial charge in [-0.05, 0) is 24.6 Å². The Balaban J connectivity index is 2.39. The summed E-state index contributed by atoms with van der Waals surface area (Å²) in [5.74, 6) is -0.463. The Morgan fingerprint density at radius 3 is 2.93 bits per heavy atom. The number of methoxy groups -OCH3 is 1. The van der Waals surface area contributed by atoms with Crippen molar-refractivity contribution in [2.24, 2.45) is 0 Å². The fraction of sp³-hybridized carbons (Fsp3) is 0.455. The van der Waals surface area contributed by atoms with E-state index in [1.165, 1.54) is 13.2 Å². The first-order valence-electron chi connectivity index (χ1n) is 5.00. The van der Waals surface area contributed by atoms with Gasteiger partial charge in [0, 0.05) is 12.5 Å². The molecule has 15 heavy (non-hydrogen) atoms. The lowest BCUT2D eigenvalue weighted by Crippen LogP contribution is -2.09. The van der Waals surface area contributed by atoms with Gasteiger partial charge in [-0.1, -0.05) is 6.07 Å². The van der Waals surface area contributed by atoms with Gasteiger partial charge in [-0.3, -0.25) is 0 Å². The summed E-state index contributed by atoms with van der Waals surface area (Å²) in [6.07, 6.45) is 0.921. The third kappa shape index (κ3) is 1.77. The van der Waals surface area contributed by atoms with E-state index in [4.69, 9.17) is 4.74 Å². The van der Waals surface area contributed by atoms with Crippen LogP contribution in [0.4, 0.5) is 4.39 Å². The molecule has 1 aliphatic heterocycles. The Morgan fingerprint density at radius 1 is 1.53 bits per heavy atom. The molecule has 2 N–H and O–H groups in total. The van der Waals surface area contributed by atoms with E-state index < -0.39 is 5.82 Å². The summed E-state index contributed by atoms with van der Waals surface area (Å²) in [7, 11) is 1.36. The molecular weight excluding hydrogens is 197 g/mol. The number of nitrogens with one attached hydrogen (secondary N) is 1. The van der Waals surface area contributed by atoms with E-state index >= 15 is 0 Å². The van der Waals surface area contributed by atoms with Crippen LogP contribution in [0, 0.1) is 5.82 Å². The summed E-state index contributed by atoms with van der Waals surface area (Å²) >= 11 is 0. The molecule has 1 unspecified atom stereocenters. The third-order valence-electron chi connectivity index (χ3n) is 2.81. The van der Waals surface area contributed by atoms with E-state index in [0.717, 1.165) is 19.5 Å². The largest absolute Gasteiger partial charge is 0.504 e. The summed E-state index contributed by atoms with van der Waals surface area (Å²) in [6.45, 7) is 1.69. The minimum Gasteiger partial charge on any atom is -0.504 e. The summed E-state index contributed by atoms with van der Waals surface area (Å²) in [5, 5.41) is 12.6. The molecule has 0 aromatic heterocycles. The first kappa shape index (κ1) is 10.2. The molecule has 1 aliphatic rings. The van der Waals surface area contributed by atoms with Gasteiger partial charge >= 0.3 is 0 Å². The van der Waals surface area contributed by atoms with Crippen LogP contribution >= 0.6 is 0 Å². The minimum absolute atomic E-state index is 0.0561. The van der Waals surface area contributed by atoms with E-state index in [-0.39, 0.29) is 17.4 Å². The van der Waals surface area contributed by atoms with Crippen LogP contribution in [0.3, 0.4) is 0 Å². The Kier molecular flexibility index (Phi) is 2.77. The number of phenolic OH excluding ortho intramolecular Hbond substituents is 1. The summed E-state index contributed by atoms with van der Waals surface area (Å²) < 4.78 is 18.7. The van der Waals surface area contributed by atoms with Crippen molar-refractivity contribution in [2.45, 2.75) is 12.3 Å². The maximum absolute atomic E-state index is 13.9. The van der Waals surface area contributed by atoms with E-state index in [1.54, 1.807) is 6.07 Å². The van der Waals surface area contributed by atoms with Crippen LogP contribution < -0.4 is 10.1 Å². The number of rotatable bonds is 2. The molecule has 4 heteroatoms. The van der Waals surface area contributed by atoms with Crippen molar-refractivity contribution in [3.63, 3.8) is 0 Å². The second-order valence-corrected chi connectivity index (χ2v) is 3.71. The first-order chi connectivity index (χ1) is 7.24. The highest BCUT2D eigenvalue weighted by Crippen LogP contribution is 2.35. The third-order valence-corrected chi connectivity index (χ3v) is 2.81. The molecule has 1 fully saturated rings. The van der Waals surface area contributed by atoms with Gasteiger partial charge in [-0.25, -0.2) is 4.39 Å². The Hall–Kier alpha value is -1.29. The van der Waals surface area contributed by atoms with Crippen molar-refractivity contribution in [3.05, 3.63) is 23.5 Å². The standard InChI is InChI=1S/C11H14FNO2/c1-15-11-9(14)3-2-8(10(11)12)7-4-5-13-6-7/h2-3,7,13-14H,4-6H2,1H3. The van der Waals surface area contributed by atoms with Gasteiger partial charge in [0.15, 0.2) is 17.3 Å². The Morgan fingerprint density at radius 2 is 2.33 bits per heavy atom. The molecule has 0 radical (unpaired) electrons. The molecule has 0 aliphatic carbocycles. The van der Waals surface area contributed by atoms with Gasteiger partial charge in [0.25, 0.3) is 0 Å². The molecule has 82 valence electrons. The number of ether oxygens (including phenoxy) is 1. The lowest BCUT2D eigenvalue weighted by atomic mass is 9.97. The highest BCUT2D eigenvalue weighted by molar-refractivity contribution is 5.44. The van der Waals surface area contributed by atoms with Crippen LogP contribution in [-0.4, -0.2) is 25.3 Å². The molecule has 2 rings (SSSR count). The zero-order valence-corrected chi connectivity index (χ0v) is 8.59. The van der Waals surface area contributed by atoms with Crippen molar-refractivity contribution in [1.82, 2.24) is 5.32 Å². The van der Waals surface area contributed by atoms with Crippen LogP contribution in [0.1, 0.15) is 17.9 Å². The number of aromatic hydroxyl groups is 1. The van der Waals surface area contributed by atoms with Gasteiger partial charge in [-0.15, -0.1) is 0 Å². The summed E-state index contributed by atoms with van der Waals surface area (Å²) in [5.41, 5.74) is 0.620. The Labute approximate surface area is 87.9 Å². The normalized spacial score (nSPS) is 20.5. The predicted molar refractivity (Wildman–Crippen MR) is 54.8 cm³/mol. The zero-order valence-electron chi connectivity index (χ0n) is 8.59. The van der Waals surface area contributed by atoms with Gasteiger partial charge in [0.05, 0.1) is 7.11 Å². The van der Waals surface area contributed by atoms with Crippen LogP contribution in [0.25, 0.3) is 0 Å². The van der Waals surface area contributed by atoms with Crippen LogP contribution in [0.5, 0.6) is 11.5 Å². The average molecular weight is 211 g/mol. The molecule has 0 saturated carbocycles. The van der Waals surface area contributed by atoms with Crippen molar-refractivity contribution < 1.29 is 14.2 Å². The van der Waals surface area contributed by atoms with Crippen molar-refractivity contribution in [3.8, 4) is 11.5 Å². The van der Waals surface area contributed by atoms with Crippen LogP contribution in [-0.2, 0) is 0 Å².